The molecular weight excluding hydrogens is 393 g/mol. The van der Waals surface area contributed by atoms with E-state index in [1.165, 1.54) is 22.9 Å². The predicted octanol–water partition coefficient (Wildman–Crippen LogP) is 3.68. The van der Waals surface area contributed by atoms with Gasteiger partial charge in [-0.05, 0) is 56.2 Å². The Morgan fingerprint density at radius 2 is 1.97 bits per heavy atom. The third-order valence-electron chi connectivity index (χ3n) is 4.27. The lowest BCUT2D eigenvalue weighted by Gasteiger charge is -2.32. The standard InChI is InChI=1S/C19H17F3N2O5/c1-18(2)11-15(14-10-13(19(20,21)22)3-4-16(14)29-18)23-7-5-12(9-17(23)25)6-8-28-24(26)27/h3-5,7,9-11H,6,8H2,1-2H3. The number of alkyl halides is 3. The van der Waals surface area contributed by atoms with Crippen LogP contribution in [0.2, 0.25) is 0 Å². The number of hydrogen-bond acceptors (Lipinski definition) is 5. The van der Waals surface area contributed by atoms with Gasteiger partial charge in [0.25, 0.3) is 10.6 Å². The first-order valence-corrected chi connectivity index (χ1v) is 8.59. The molecule has 0 saturated carbocycles. The van der Waals surface area contributed by atoms with Gasteiger partial charge in [-0.2, -0.15) is 13.2 Å². The average molecular weight is 410 g/mol. The van der Waals surface area contributed by atoms with Crippen molar-refractivity contribution in [3.63, 3.8) is 0 Å². The van der Waals surface area contributed by atoms with Gasteiger partial charge in [-0.25, -0.2) is 0 Å². The second kappa shape index (κ2) is 7.26. The molecule has 2 heterocycles. The Hall–Kier alpha value is -3.30. The van der Waals surface area contributed by atoms with Gasteiger partial charge >= 0.3 is 6.18 Å². The highest BCUT2D eigenvalue weighted by Crippen LogP contribution is 2.40. The number of hydrogen-bond donors (Lipinski definition) is 0. The molecule has 1 aromatic carbocycles. The molecule has 10 heteroatoms. The highest BCUT2D eigenvalue weighted by molar-refractivity contribution is 5.74. The third-order valence-corrected chi connectivity index (χ3v) is 4.27. The second-order valence-electron chi connectivity index (χ2n) is 6.99. The van der Waals surface area contributed by atoms with E-state index in [0.717, 1.165) is 12.1 Å². The maximum Gasteiger partial charge on any atom is 0.416 e. The van der Waals surface area contributed by atoms with E-state index in [4.69, 9.17) is 4.74 Å². The summed E-state index contributed by atoms with van der Waals surface area (Å²) in [5.74, 6) is 0.232. The van der Waals surface area contributed by atoms with Crippen LogP contribution >= 0.6 is 0 Å². The van der Waals surface area contributed by atoms with Crippen molar-refractivity contribution in [1.82, 2.24) is 4.57 Å². The van der Waals surface area contributed by atoms with E-state index in [-0.39, 0.29) is 30.0 Å². The van der Waals surface area contributed by atoms with E-state index in [1.807, 2.05) is 0 Å². The zero-order valence-corrected chi connectivity index (χ0v) is 15.5. The Morgan fingerprint density at radius 3 is 2.59 bits per heavy atom. The molecule has 7 nitrogen and oxygen atoms in total. The summed E-state index contributed by atoms with van der Waals surface area (Å²) in [7, 11) is 0. The number of nitrogens with zero attached hydrogens (tertiary/aromatic N) is 2. The number of aromatic nitrogens is 1. The van der Waals surface area contributed by atoms with Crippen molar-refractivity contribution in [2.24, 2.45) is 0 Å². The van der Waals surface area contributed by atoms with Crippen molar-refractivity contribution in [2.45, 2.75) is 32.0 Å². The van der Waals surface area contributed by atoms with Crippen LogP contribution in [0, 0.1) is 10.1 Å². The summed E-state index contributed by atoms with van der Waals surface area (Å²) in [5, 5.41) is 9.29. The van der Waals surface area contributed by atoms with Gasteiger partial charge in [-0.1, -0.05) is 0 Å². The minimum Gasteiger partial charge on any atom is -0.483 e. The molecule has 1 aliphatic rings. The Labute approximate surface area is 163 Å². The zero-order chi connectivity index (χ0) is 21.4. The van der Waals surface area contributed by atoms with Crippen LogP contribution in [-0.2, 0) is 17.4 Å². The first-order valence-electron chi connectivity index (χ1n) is 8.59. The van der Waals surface area contributed by atoms with Gasteiger partial charge in [-0.15, -0.1) is 10.1 Å². The van der Waals surface area contributed by atoms with Crippen molar-refractivity contribution >= 4 is 5.70 Å². The molecule has 1 aliphatic heterocycles. The molecular formula is C19H17F3N2O5. The highest BCUT2D eigenvalue weighted by atomic mass is 19.4. The first-order chi connectivity index (χ1) is 13.5. The molecule has 154 valence electrons. The van der Waals surface area contributed by atoms with E-state index in [1.54, 1.807) is 26.0 Å². The molecule has 0 fully saturated rings. The van der Waals surface area contributed by atoms with Crippen LogP contribution in [0.4, 0.5) is 13.2 Å². The van der Waals surface area contributed by atoms with Crippen LogP contribution in [0.15, 0.2) is 47.4 Å². The van der Waals surface area contributed by atoms with Crippen molar-refractivity contribution in [3.8, 4) is 5.75 Å². The lowest BCUT2D eigenvalue weighted by Crippen LogP contribution is -2.32. The fourth-order valence-electron chi connectivity index (χ4n) is 3.03. The molecule has 1 aromatic heterocycles. The SMILES string of the molecule is CC1(C)C=C(n2ccc(CCO[N+](=O)[O-])cc2=O)c2cc(C(F)(F)F)ccc2O1. The van der Waals surface area contributed by atoms with Gasteiger partial charge < -0.3 is 9.57 Å². The normalized spacial score (nSPS) is 15.1. The number of halogens is 3. The molecule has 0 saturated heterocycles. The van der Waals surface area contributed by atoms with Gasteiger partial charge in [0.1, 0.15) is 18.0 Å². The van der Waals surface area contributed by atoms with Crippen molar-refractivity contribution < 1.29 is 27.8 Å². The van der Waals surface area contributed by atoms with Crippen molar-refractivity contribution in [2.75, 3.05) is 6.61 Å². The zero-order valence-electron chi connectivity index (χ0n) is 15.5. The predicted molar refractivity (Wildman–Crippen MR) is 96.9 cm³/mol. The summed E-state index contributed by atoms with van der Waals surface area (Å²) >= 11 is 0. The monoisotopic (exact) mass is 410 g/mol. The first kappa shape index (κ1) is 20.4. The number of ether oxygens (including phenoxy) is 1. The van der Waals surface area contributed by atoms with E-state index < -0.39 is 28.0 Å². The molecule has 0 bridgehead atoms. The largest absolute Gasteiger partial charge is 0.483 e. The molecule has 2 aromatic rings. The molecule has 0 unspecified atom stereocenters. The van der Waals surface area contributed by atoms with Gasteiger partial charge in [-0.3, -0.25) is 9.36 Å². The van der Waals surface area contributed by atoms with E-state index in [0.29, 0.717) is 5.56 Å². The van der Waals surface area contributed by atoms with Gasteiger partial charge in [0.2, 0.25) is 0 Å². The third kappa shape index (κ3) is 4.58. The Balaban J connectivity index is 2.02. The summed E-state index contributed by atoms with van der Waals surface area (Å²) in [6, 6.07) is 5.93. The number of fused-ring (bicyclic) bond motifs is 1. The molecule has 0 radical (unpaired) electrons. The van der Waals surface area contributed by atoms with Gasteiger partial charge in [0.05, 0.1) is 11.3 Å². The van der Waals surface area contributed by atoms with E-state index >= 15 is 0 Å². The fourth-order valence-corrected chi connectivity index (χ4v) is 3.03. The molecule has 3 rings (SSSR count). The van der Waals surface area contributed by atoms with Crippen LogP contribution in [0.3, 0.4) is 0 Å². The molecule has 29 heavy (non-hydrogen) atoms. The summed E-state index contributed by atoms with van der Waals surface area (Å²) in [5.41, 5.74) is -1.28. The van der Waals surface area contributed by atoms with E-state index in [9.17, 15) is 28.1 Å². The van der Waals surface area contributed by atoms with Crippen molar-refractivity contribution in [3.05, 3.63) is 79.8 Å². The minimum absolute atomic E-state index is 0.138. The highest BCUT2D eigenvalue weighted by Gasteiger charge is 2.34. The Morgan fingerprint density at radius 1 is 1.24 bits per heavy atom. The topological polar surface area (TPSA) is 83.6 Å². The summed E-state index contributed by atoms with van der Waals surface area (Å²) in [6.45, 7) is 3.24. The number of rotatable bonds is 5. The van der Waals surface area contributed by atoms with Crippen LogP contribution in [-0.4, -0.2) is 21.9 Å². The molecule has 0 amide bonds. The second-order valence-corrected chi connectivity index (χ2v) is 6.99. The molecule has 0 N–H and O–H groups in total. The van der Waals surface area contributed by atoms with E-state index in [2.05, 4.69) is 4.84 Å². The Bertz CT molecular complexity index is 1040. The van der Waals surface area contributed by atoms with Crippen LogP contribution < -0.4 is 10.3 Å². The quantitative estimate of drug-likeness (QED) is 0.555. The average Bonchev–Trinajstić information content (AvgIpc) is 2.59. The van der Waals surface area contributed by atoms with Gasteiger partial charge in [0, 0.05) is 17.8 Å². The lowest BCUT2D eigenvalue weighted by atomic mass is 9.97. The molecule has 0 aliphatic carbocycles. The lowest BCUT2D eigenvalue weighted by molar-refractivity contribution is -0.757. The summed E-state index contributed by atoms with van der Waals surface area (Å²) in [6.07, 6.45) is -1.41. The minimum atomic E-state index is -4.54. The smallest absolute Gasteiger partial charge is 0.416 e. The summed E-state index contributed by atoms with van der Waals surface area (Å²) < 4.78 is 46.4. The fraction of sp³-hybridized carbons (Fsp3) is 0.316. The number of benzene rings is 1. The molecule has 0 atom stereocenters. The number of pyridine rings is 1. The maximum atomic E-state index is 13.2. The van der Waals surface area contributed by atoms with Crippen LogP contribution in [0.1, 0.15) is 30.5 Å². The Kier molecular flexibility index (Phi) is 5.12. The van der Waals surface area contributed by atoms with Gasteiger partial charge in [0.15, 0.2) is 0 Å². The van der Waals surface area contributed by atoms with Crippen LogP contribution in [0.5, 0.6) is 5.75 Å². The van der Waals surface area contributed by atoms with Crippen molar-refractivity contribution in [1.29, 1.82) is 0 Å². The summed E-state index contributed by atoms with van der Waals surface area (Å²) in [4.78, 5) is 27.1. The molecule has 0 spiro atoms. The maximum absolute atomic E-state index is 13.2. The van der Waals surface area contributed by atoms with Crippen LogP contribution in [0.25, 0.3) is 5.70 Å².